The zero-order valence-corrected chi connectivity index (χ0v) is 11.5. The molecule has 1 N–H and O–H groups in total. The fraction of sp³-hybridized carbons (Fsp3) is 0.133. The van der Waals surface area contributed by atoms with Crippen molar-refractivity contribution in [3.05, 3.63) is 64.4 Å². The van der Waals surface area contributed by atoms with E-state index >= 15 is 0 Å². The van der Waals surface area contributed by atoms with Gasteiger partial charge in [0.1, 0.15) is 0 Å². The molecule has 0 saturated heterocycles. The van der Waals surface area contributed by atoms with Gasteiger partial charge in [-0.05, 0) is 29.8 Å². The Morgan fingerprint density at radius 1 is 1.10 bits per heavy atom. The Kier molecular flexibility index (Phi) is 3.65. The van der Waals surface area contributed by atoms with Crippen LogP contribution in [-0.2, 0) is 6.42 Å². The first-order chi connectivity index (χ1) is 10.0. The molecule has 108 valence electrons. The molecule has 0 aliphatic rings. The van der Waals surface area contributed by atoms with E-state index in [9.17, 15) is 18.3 Å². The van der Waals surface area contributed by atoms with E-state index in [1.807, 2.05) is 24.3 Å². The third-order valence-electron chi connectivity index (χ3n) is 3.10. The summed E-state index contributed by atoms with van der Waals surface area (Å²) >= 11 is 1.40. The highest BCUT2D eigenvalue weighted by atomic mass is 32.1. The van der Waals surface area contributed by atoms with Gasteiger partial charge in [0.05, 0.1) is 21.3 Å². The first-order valence-electron chi connectivity index (χ1n) is 6.21. The lowest BCUT2D eigenvalue weighted by atomic mass is 10.1. The molecule has 0 aliphatic heterocycles. The van der Waals surface area contributed by atoms with Crippen LogP contribution < -0.4 is 0 Å². The van der Waals surface area contributed by atoms with Gasteiger partial charge in [0, 0.05) is 6.42 Å². The van der Waals surface area contributed by atoms with Gasteiger partial charge in [0.25, 0.3) is 0 Å². The number of para-hydroxylation sites is 1. The van der Waals surface area contributed by atoms with Crippen molar-refractivity contribution in [2.24, 2.45) is 0 Å². The van der Waals surface area contributed by atoms with Gasteiger partial charge >= 0.3 is 0 Å². The van der Waals surface area contributed by atoms with Crippen LogP contribution in [0.1, 0.15) is 16.7 Å². The smallest absolute Gasteiger partial charge is 0.194 e. The fourth-order valence-corrected chi connectivity index (χ4v) is 3.06. The van der Waals surface area contributed by atoms with Crippen molar-refractivity contribution in [2.75, 3.05) is 0 Å². The van der Waals surface area contributed by atoms with Gasteiger partial charge in [0.15, 0.2) is 17.5 Å². The number of hydrogen-bond acceptors (Lipinski definition) is 3. The molecule has 2 aromatic carbocycles. The van der Waals surface area contributed by atoms with E-state index in [0.29, 0.717) is 5.01 Å². The predicted octanol–water partition coefficient (Wildman–Crippen LogP) is 3.99. The van der Waals surface area contributed by atoms with Crippen LogP contribution in [0, 0.1) is 17.5 Å². The first kappa shape index (κ1) is 14.0. The van der Waals surface area contributed by atoms with E-state index in [4.69, 9.17) is 0 Å². The van der Waals surface area contributed by atoms with Crippen molar-refractivity contribution in [1.29, 1.82) is 0 Å². The standard InChI is InChI=1S/C15H10F3NOS/c16-9-5-8(6-10(17)15(9)18)12(20)7-14-19-11-3-1-2-4-13(11)21-14/h1-6,12,20H,7H2. The highest BCUT2D eigenvalue weighted by Crippen LogP contribution is 2.27. The molecular weight excluding hydrogens is 299 g/mol. The Labute approximate surface area is 122 Å². The monoisotopic (exact) mass is 309 g/mol. The van der Waals surface area contributed by atoms with Crippen molar-refractivity contribution in [3.8, 4) is 0 Å². The third-order valence-corrected chi connectivity index (χ3v) is 4.16. The summed E-state index contributed by atoms with van der Waals surface area (Å²) in [5, 5.41) is 10.7. The molecule has 2 nitrogen and oxygen atoms in total. The number of hydrogen-bond donors (Lipinski definition) is 1. The van der Waals surface area contributed by atoms with Crippen LogP contribution in [-0.4, -0.2) is 10.1 Å². The summed E-state index contributed by atoms with van der Waals surface area (Å²) in [5.41, 5.74) is 0.798. The predicted molar refractivity (Wildman–Crippen MR) is 74.6 cm³/mol. The maximum absolute atomic E-state index is 13.2. The first-order valence-corrected chi connectivity index (χ1v) is 7.03. The van der Waals surface area contributed by atoms with E-state index < -0.39 is 23.6 Å². The molecule has 3 rings (SSSR count). The number of benzene rings is 2. The van der Waals surface area contributed by atoms with Crippen LogP contribution in [0.2, 0.25) is 0 Å². The van der Waals surface area contributed by atoms with Gasteiger partial charge in [-0.2, -0.15) is 0 Å². The summed E-state index contributed by atoms with van der Waals surface area (Å²) in [6.07, 6.45) is -1.03. The Hall–Kier alpha value is -1.92. The molecule has 21 heavy (non-hydrogen) atoms. The minimum Gasteiger partial charge on any atom is -0.388 e. The Bertz CT molecular complexity index is 746. The van der Waals surface area contributed by atoms with Gasteiger partial charge in [-0.25, -0.2) is 18.2 Å². The molecule has 0 radical (unpaired) electrons. The maximum atomic E-state index is 13.2. The number of fused-ring (bicyclic) bond motifs is 1. The summed E-state index contributed by atoms with van der Waals surface area (Å²) < 4.78 is 40.2. The van der Waals surface area contributed by atoms with Gasteiger partial charge in [-0.1, -0.05) is 12.1 Å². The number of rotatable bonds is 3. The average molecular weight is 309 g/mol. The number of halogens is 3. The molecule has 6 heteroatoms. The quantitative estimate of drug-likeness (QED) is 0.742. The van der Waals surface area contributed by atoms with Crippen molar-refractivity contribution in [3.63, 3.8) is 0 Å². The molecule has 3 aromatic rings. The van der Waals surface area contributed by atoms with Crippen LogP contribution in [0.4, 0.5) is 13.2 Å². The van der Waals surface area contributed by atoms with Gasteiger partial charge in [0.2, 0.25) is 0 Å². The Morgan fingerprint density at radius 3 is 2.43 bits per heavy atom. The molecule has 1 heterocycles. The van der Waals surface area contributed by atoms with Crippen LogP contribution >= 0.6 is 11.3 Å². The molecule has 0 bridgehead atoms. The number of nitrogens with zero attached hydrogens (tertiary/aromatic N) is 1. The number of thiazole rings is 1. The van der Waals surface area contributed by atoms with Crippen molar-refractivity contribution >= 4 is 21.6 Å². The van der Waals surface area contributed by atoms with Crippen LogP contribution in [0.3, 0.4) is 0 Å². The lowest BCUT2D eigenvalue weighted by Crippen LogP contribution is -2.04. The molecule has 0 spiro atoms. The van der Waals surface area contributed by atoms with Crippen molar-refractivity contribution < 1.29 is 18.3 Å². The average Bonchev–Trinajstić information content (AvgIpc) is 2.86. The fourth-order valence-electron chi connectivity index (χ4n) is 2.06. The largest absolute Gasteiger partial charge is 0.388 e. The highest BCUT2D eigenvalue weighted by Gasteiger charge is 2.17. The molecule has 1 unspecified atom stereocenters. The lowest BCUT2D eigenvalue weighted by molar-refractivity contribution is 0.177. The van der Waals surface area contributed by atoms with E-state index in [1.54, 1.807) is 0 Å². The molecule has 1 aromatic heterocycles. The van der Waals surface area contributed by atoms with Gasteiger partial charge in [-0.15, -0.1) is 11.3 Å². The summed E-state index contributed by atoms with van der Waals surface area (Å²) in [5.74, 6) is -4.16. The molecule has 0 amide bonds. The lowest BCUT2D eigenvalue weighted by Gasteiger charge is -2.10. The summed E-state index contributed by atoms with van der Waals surface area (Å²) in [6, 6.07) is 9.09. The summed E-state index contributed by atoms with van der Waals surface area (Å²) in [4.78, 5) is 4.34. The van der Waals surface area contributed by atoms with Gasteiger partial charge in [-0.3, -0.25) is 0 Å². The van der Waals surface area contributed by atoms with Crippen LogP contribution in [0.5, 0.6) is 0 Å². The molecule has 0 aliphatic carbocycles. The minimum atomic E-state index is -1.54. The Balaban J connectivity index is 1.87. The second-order valence-electron chi connectivity index (χ2n) is 4.59. The topological polar surface area (TPSA) is 33.1 Å². The third kappa shape index (κ3) is 2.77. The zero-order valence-electron chi connectivity index (χ0n) is 10.7. The van der Waals surface area contributed by atoms with Crippen LogP contribution in [0.15, 0.2) is 36.4 Å². The highest BCUT2D eigenvalue weighted by molar-refractivity contribution is 7.18. The zero-order chi connectivity index (χ0) is 15.0. The second-order valence-corrected chi connectivity index (χ2v) is 5.71. The molecule has 1 atom stereocenters. The number of aromatic nitrogens is 1. The number of aliphatic hydroxyl groups is 1. The van der Waals surface area contributed by atoms with E-state index in [-0.39, 0.29) is 12.0 Å². The van der Waals surface area contributed by atoms with E-state index in [2.05, 4.69) is 4.98 Å². The normalized spacial score (nSPS) is 12.8. The number of aliphatic hydroxyl groups excluding tert-OH is 1. The SMILES string of the molecule is OC(Cc1nc2ccccc2s1)c1cc(F)c(F)c(F)c1. The van der Waals surface area contributed by atoms with Gasteiger partial charge < -0.3 is 5.11 Å². The minimum absolute atomic E-state index is 0.00865. The maximum Gasteiger partial charge on any atom is 0.194 e. The molecular formula is C15H10F3NOS. The summed E-state index contributed by atoms with van der Waals surface area (Å²) in [6.45, 7) is 0. The van der Waals surface area contributed by atoms with E-state index in [1.165, 1.54) is 11.3 Å². The van der Waals surface area contributed by atoms with Crippen molar-refractivity contribution in [1.82, 2.24) is 4.98 Å². The van der Waals surface area contributed by atoms with E-state index in [0.717, 1.165) is 22.3 Å². The molecule has 0 saturated carbocycles. The van der Waals surface area contributed by atoms with Crippen LogP contribution in [0.25, 0.3) is 10.2 Å². The molecule has 0 fully saturated rings. The summed E-state index contributed by atoms with van der Waals surface area (Å²) in [7, 11) is 0. The van der Waals surface area contributed by atoms with Crippen molar-refractivity contribution in [2.45, 2.75) is 12.5 Å². The Morgan fingerprint density at radius 2 is 1.76 bits per heavy atom. The second kappa shape index (κ2) is 5.46.